The first-order valence-corrected chi connectivity index (χ1v) is 9.80. The summed E-state index contributed by atoms with van der Waals surface area (Å²) < 4.78 is 0. The van der Waals surface area contributed by atoms with E-state index in [1.807, 2.05) is 0 Å². The molecule has 2 aromatic rings. The third-order valence-corrected chi connectivity index (χ3v) is 4.75. The molecule has 0 bridgehead atoms. The van der Waals surface area contributed by atoms with Gasteiger partial charge in [-0.1, -0.05) is 31.2 Å². The van der Waals surface area contributed by atoms with Gasteiger partial charge in [0.1, 0.15) is 0 Å². The highest BCUT2D eigenvalue weighted by molar-refractivity contribution is 7.07. The lowest BCUT2D eigenvalue weighted by atomic mass is 10.1. The van der Waals surface area contributed by atoms with Crippen LogP contribution >= 0.6 is 11.3 Å². The zero-order valence-corrected chi connectivity index (χ0v) is 16.6. The maximum Gasteiger partial charge on any atom is 0.191 e. The molecular weight excluding hydrogens is 328 g/mol. The molecular formula is C20H30N4S. The molecule has 2 rings (SSSR count). The molecule has 0 spiro atoms. The van der Waals surface area contributed by atoms with Gasteiger partial charge in [-0.15, -0.1) is 0 Å². The van der Waals surface area contributed by atoms with Gasteiger partial charge in [-0.2, -0.15) is 11.3 Å². The lowest BCUT2D eigenvalue weighted by Gasteiger charge is -2.16. The maximum atomic E-state index is 4.78. The summed E-state index contributed by atoms with van der Waals surface area (Å²) >= 11 is 1.75. The Balaban J connectivity index is 1.99. The molecule has 1 aromatic heterocycles. The summed E-state index contributed by atoms with van der Waals surface area (Å²) in [5.41, 5.74) is 3.99. The monoisotopic (exact) mass is 358 g/mol. The summed E-state index contributed by atoms with van der Waals surface area (Å²) in [5.74, 6) is 1.35. The fraction of sp³-hybridized carbons (Fsp3) is 0.450. The van der Waals surface area contributed by atoms with Gasteiger partial charge < -0.3 is 15.5 Å². The van der Waals surface area contributed by atoms with E-state index in [0.29, 0.717) is 12.5 Å². The van der Waals surface area contributed by atoms with Crippen LogP contribution in [0.3, 0.4) is 0 Å². The third kappa shape index (κ3) is 6.52. The second-order valence-corrected chi connectivity index (χ2v) is 7.32. The molecule has 1 aromatic carbocycles. The minimum Gasteiger partial charge on any atom is -0.357 e. The molecule has 0 amide bonds. The average Bonchev–Trinajstić information content (AvgIpc) is 3.12. The highest BCUT2D eigenvalue weighted by atomic mass is 32.1. The Kier molecular flexibility index (Phi) is 7.95. The van der Waals surface area contributed by atoms with Crippen LogP contribution in [0.1, 0.15) is 36.5 Å². The molecule has 0 saturated heterocycles. The Hall–Kier alpha value is -1.85. The van der Waals surface area contributed by atoms with Crippen LogP contribution in [0, 0.1) is 0 Å². The van der Waals surface area contributed by atoms with Crippen LogP contribution in [0.5, 0.6) is 0 Å². The molecule has 0 fully saturated rings. The number of rotatable bonds is 8. The van der Waals surface area contributed by atoms with E-state index in [-0.39, 0.29) is 0 Å². The normalized spacial score (nSPS) is 13.1. The topological polar surface area (TPSA) is 39.7 Å². The minimum absolute atomic E-state index is 0.469. The predicted octanol–water partition coefficient (Wildman–Crippen LogP) is 3.67. The summed E-state index contributed by atoms with van der Waals surface area (Å²) in [4.78, 5) is 6.97. The molecule has 5 heteroatoms. The second kappa shape index (κ2) is 10.2. The van der Waals surface area contributed by atoms with Crippen molar-refractivity contribution in [2.45, 2.75) is 32.9 Å². The van der Waals surface area contributed by atoms with Crippen molar-refractivity contribution in [3.8, 4) is 0 Å². The van der Waals surface area contributed by atoms with Crippen molar-refractivity contribution in [3.05, 3.63) is 57.8 Å². The van der Waals surface area contributed by atoms with E-state index in [1.165, 1.54) is 16.7 Å². The Morgan fingerprint density at radius 2 is 1.92 bits per heavy atom. The van der Waals surface area contributed by atoms with E-state index in [0.717, 1.165) is 25.6 Å². The quantitative estimate of drug-likeness (QED) is 0.559. The Morgan fingerprint density at radius 3 is 2.56 bits per heavy atom. The van der Waals surface area contributed by atoms with Gasteiger partial charge in [-0.3, -0.25) is 0 Å². The lowest BCUT2D eigenvalue weighted by molar-refractivity contribution is 0.401. The second-order valence-electron chi connectivity index (χ2n) is 6.54. The van der Waals surface area contributed by atoms with Crippen LogP contribution in [-0.4, -0.2) is 38.0 Å². The molecule has 136 valence electrons. The molecule has 0 saturated carbocycles. The Morgan fingerprint density at radius 1 is 1.16 bits per heavy atom. The fourth-order valence-corrected chi connectivity index (χ4v) is 3.42. The SMILES string of the molecule is CCNC(=NCc1ccccc1CN(C)C)NCC(C)c1ccsc1. The van der Waals surface area contributed by atoms with Gasteiger partial charge in [-0.25, -0.2) is 4.99 Å². The first-order chi connectivity index (χ1) is 12.1. The van der Waals surface area contributed by atoms with E-state index in [4.69, 9.17) is 4.99 Å². The molecule has 2 N–H and O–H groups in total. The van der Waals surface area contributed by atoms with Crippen molar-refractivity contribution in [3.63, 3.8) is 0 Å². The lowest BCUT2D eigenvalue weighted by Crippen LogP contribution is -2.39. The molecule has 0 aliphatic rings. The van der Waals surface area contributed by atoms with Gasteiger partial charge >= 0.3 is 0 Å². The number of guanidine groups is 1. The highest BCUT2D eigenvalue weighted by Gasteiger charge is 2.08. The zero-order valence-electron chi connectivity index (χ0n) is 15.7. The number of nitrogens with zero attached hydrogens (tertiary/aromatic N) is 2. The molecule has 0 radical (unpaired) electrons. The van der Waals surface area contributed by atoms with Crippen molar-refractivity contribution < 1.29 is 0 Å². The standard InChI is InChI=1S/C20H30N4S/c1-5-21-20(22-12-16(2)19-10-11-25-15-19)23-13-17-8-6-7-9-18(17)14-24(3)4/h6-11,15-16H,5,12-14H2,1-4H3,(H2,21,22,23). The van der Waals surface area contributed by atoms with E-state index in [1.54, 1.807) is 11.3 Å². The van der Waals surface area contributed by atoms with Crippen LogP contribution in [0.4, 0.5) is 0 Å². The largest absolute Gasteiger partial charge is 0.357 e. The molecule has 1 atom stereocenters. The fourth-order valence-electron chi connectivity index (χ4n) is 2.64. The summed E-state index contributed by atoms with van der Waals surface area (Å²) in [6.45, 7) is 7.70. The third-order valence-electron chi connectivity index (χ3n) is 4.04. The number of benzene rings is 1. The van der Waals surface area contributed by atoms with E-state index in [9.17, 15) is 0 Å². The highest BCUT2D eigenvalue weighted by Crippen LogP contribution is 2.17. The van der Waals surface area contributed by atoms with Gasteiger partial charge in [0.2, 0.25) is 0 Å². The molecule has 25 heavy (non-hydrogen) atoms. The molecule has 1 unspecified atom stereocenters. The number of hydrogen-bond acceptors (Lipinski definition) is 3. The summed E-state index contributed by atoms with van der Waals surface area (Å²) in [6, 6.07) is 10.7. The molecule has 0 aliphatic carbocycles. The van der Waals surface area contributed by atoms with Crippen LogP contribution in [0.25, 0.3) is 0 Å². The van der Waals surface area contributed by atoms with E-state index in [2.05, 4.69) is 84.6 Å². The smallest absolute Gasteiger partial charge is 0.191 e. The van der Waals surface area contributed by atoms with Crippen LogP contribution in [-0.2, 0) is 13.1 Å². The zero-order chi connectivity index (χ0) is 18.1. The van der Waals surface area contributed by atoms with Gasteiger partial charge in [0.15, 0.2) is 5.96 Å². The van der Waals surface area contributed by atoms with E-state index < -0.39 is 0 Å². The van der Waals surface area contributed by atoms with Crippen LogP contribution in [0.15, 0.2) is 46.1 Å². The molecule has 4 nitrogen and oxygen atoms in total. The van der Waals surface area contributed by atoms with E-state index >= 15 is 0 Å². The molecule has 0 aliphatic heterocycles. The minimum atomic E-state index is 0.469. The first kappa shape index (κ1) is 19.5. The van der Waals surface area contributed by atoms with Crippen LogP contribution in [0.2, 0.25) is 0 Å². The van der Waals surface area contributed by atoms with Crippen LogP contribution < -0.4 is 10.6 Å². The van der Waals surface area contributed by atoms with Crippen molar-refractivity contribution in [2.24, 2.45) is 4.99 Å². The summed E-state index contributed by atoms with van der Waals surface area (Å²) in [7, 11) is 4.19. The van der Waals surface area contributed by atoms with Crippen molar-refractivity contribution in [2.75, 3.05) is 27.2 Å². The van der Waals surface area contributed by atoms with Gasteiger partial charge in [0.25, 0.3) is 0 Å². The average molecular weight is 359 g/mol. The van der Waals surface area contributed by atoms with Gasteiger partial charge in [0.05, 0.1) is 6.54 Å². The first-order valence-electron chi connectivity index (χ1n) is 8.86. The van der Waals surface area contributed by atoms with Crippen molar-refractivity contribution in [1.82, 2.24) is 15.5 Å². The number of nitrogens with one attached hydrogen (secondary N) is 2. The number of aliphatic imine (C=N–C) groups is 1. The van der Waals surface area contributed by atoms with Gasteiger partial charge in [-0.05, 0) is 60.5 Å². The van der Waals surface area contributed by atoms with Crippen molar-refractivity contribution >= 4 is 17.3 Å². The maximum absolute atomic E-state index is 4.78. The van der Waals surface area contributed by atoms with Crippen molar-refractivity contribution in [1.29, 1.82) is 0 Å². The summed E-state index contributed by atoms with van der Waals surface area (Å²) in [6.07, 6.45) is 0. The number of thiophene rings is 1. The Bertz CT molecular complexity index is 649. The van der Waals surface area contributed by atoms with Gasteiger partial charge in [0, 0.05) is 19.6 Å². The Labute approximate surface area is 156 Å². The number of hydrogen-bond donors (Lipinski definition) is 2. The summed E-state index contributed by atoms with van der Waals surface area (Å²) in [5, 5.41) is 11.2. The molecule has 1 heterocycles. The predicted molar refractivity (Wildman–Crippen MR) is 109 cm³/mol.